The molecule has 2 aliphatic rings. The Morgan fingerprint density at radius 3 is 2.96 bits per heavy atom. The zero-order chi connectivity index (χ0) is 17.7. The average molecular weight is 343 g/mol. The maximum Gasteiger partial charge on any atom is 0.274 e. The van der Waals surface area contributed by atoms with Crippen LogP contribution in [0.15, 0.2) is 12.1 Å². The third kappa shape index (κ3) is 2.65. The lowest BCUT2D eigenvalue weighted by Crippen LogP contribution is -2.37. The number of aromatic amines is 1. The van der Waals surface area contributed by atoms with E-state index in [0.29, 0.717) is 42.8 Å². The van der Waals surface area contributed by atoms with Crippen molar-refractivity contribution in [1.29, 1.82) is 0 Å². The highest BCUT2D eigenvalue weighted by atomic mass is 19.1. The molecule has 2 aromatic rings. The molecule has 25 heavy (non-hydrogen) atoms. The van der Waals surface area contributed by atoms with Crippen molar-refractivity contribution in [2.24, 2.45) is 0 Å². The van der Waals surface area contributed by atoms with Crippen LogP contribution in [-0.2, 0) is 24.1 Å². The summed E-state index contributed by atoms with van der Waals surface area (Å²) in [4.78, 5) is 14.7. The van der Waals surface area contributed by atoms with Crippen LogP contribution in [0.25, 0.3) is 0 Å². The van der Waals surface area contributed by atoms with Crippen LogP contribution in [0.1, 0.15) is 58.4 Å². The maximum absolute atomic E-state index is 14.5. The highest BCUT2D eigenvalue weighted by molar-refractivity contribution is 5.94. The smallest absolute Gasteiger partial charge is 0.274 e. The Morgan fingerprint density at radius 2 is 2.16 bits per heavy atom. The molecule has 6 heteroatoms. The quantitative estimate of drug-likeness (QED) is 0.866. The number of carbonyl (C=O) groups excluding carboxylic acids is 1. The Labute approximate surface area is 146 Å². The Morgan fingerprint density at radius 1 is 1.36 bits per heavy atom. The van der Waals surface area contributed by atoms with E-state index in [1.807, 2.05) is 19.9 Å². The van der Waals surface area contributed by atoms with Crippen molar-refractivity contribution in [2.45, 2.75) is 52.4 Å². The lowest BCUT2D eigenvalue weighted by Gasteiger charge is -2.30. The number of rotatable bonds is 1. The molecule has 0 spiro atoms. The lowest BCUT2D eigenvalue weighted by atomic mass is 9.95. The van der Waals surface area contributed by atoms with Gasteiger partial charge < -0.3 is 9.64 Å². The van der Waals surface area contributed by atoms with Gasteiger partial charge in [-0.3, -0.25) is 9.89 Å². The first-order chi connectivity index (χ1) is 12.0. The average Bonchev–Trinajstić information content (AvgIpc) is 3.01. The van der Waals surface area contributed by atoms with E-state index in [4.69, 9.17) is 4.74 Å². The third-order valence-corrected chi connectivity index (χ3v) is 5.26. The summed E-state index contributed by atoms with van der Waals surface area (Å²) in [6, 6.07) is 3.77. The molecule has 1 aromatic carbocycles. The number of fused-ring (bicyclic) bond motifs is 2. The van der Waals surface area contributed by atoms with Crippen LogP contribution in [-0.4, -0.2) is 33.7 Å². The number of aryl methyl sites for hydroxylation is 1. The largest absolute Gasteiger partial charge is 0.369 e. The lowest BCUT2D eigenvalue weighted by molar-refractivity contribution is -0.00702. The number of amides is 1. The molecule has 1 amide bonds. The summed E-state index contributed by atoms with van der Waals surface area (Å²) in [5.41, 5.74) is 4.51. The molecule has 2 atom stereocenters. The van der Waals surface area contributed by atoms with E-state index in [-0.39, 0.29) is 23.9 Å². The van der Waals surface area contributed by atoms with E-state index < -0.39 is 0 Å². The number of hydrogen-bond donors (Lipinski definition) is 1. The summed E-state index contributed by atoms with van der Waals surface area (Å²) in [6.45, 7) is 6.58. The van der Waals surface area contributed by atoms with Gasteiger partial charge in [0, 0.05) is 30.6 Å². The molecule has 0 radical (unpaired) electrons. The summed E-state index contributed by atoms with van der Waals surface area (Å²) in [5, 5.41) is 7.22. The van der Waals surface area contributed by atoms with Gasteiger partial charge in [-0.15, -0.1) is 0 Å². The van der Waals surface area contributed by atoms with Crippen molar-refractivity contribution >= 4 is 5.91 Å². The monoisotopic (exact) mass is 343 g/mol. The molecular weight excluding hydrogens is 321 g/mol. The summed E-state index contributed by atoms with van der Waals surface area (Å²) in [5.74, 6) is -0.333. The molecular formula is C19H22FN3O2. The van der Waals surface area contributed by atoms with Crippen molar-refractivity contribution in [3.63, 3.8) is 0 Å². The van der Waals surface area contributed by atoms with Gasteiger partial charge in [-0.05, 0) is 38.3 Å². The second-order valence-electron chi connectivity index (χ2n) is 7.07. The molecule has 0 saturated heterocycles. The van der Waals surface area contributed by atoms with Crippen LogP contribution in [0.3, 0.4) is 0 Å². The highest BCUT2D eigenvalue weighted by Gasteiger charge is 2.33. The van der Waals surface area contributed by atoms with Gasteiger partial charge in [-0.2, -0.15) is 5.10 Å². The predicted octanol–water partition coefficient (Wildman–Crippen LogP) is 3.08. The van der Waals surface area contributed by atoms with Gasteiger partial charge in [0.2, 0.25) is 0 Å². The molecule has 0 unspecified atom stereocenters. The van der Waals surface area contributed by atoms with Crippen LogP contribution < -0.4 is 0 Å². The van der Waals surface area contributed by atoms with Gasteiger partial charge in [0.05, 0.1) is 17.9 Å². The fraction of sp³-hybridized carbons (Fsp3) is 0.474. The summed E-state index contributed by atoms with van der Waals surface area (Å²) in [6.07, 6.45) is 1.28. The molecule has 5 nitrogen and oxygen atoms in total. The first kappa shape index (κ1) is 16.3. The molecule has 0 aliphatic carbocycles. The van der Waals surface area contributed by atoms with Crippen LogP contribution in [0, 0.1) is 12.7 Å². The molecule has 0 saturated carbocycles. The van der Waals surface area contributed by atoms with Gasteiger partial charge in [0.15, 0.2) is 5.69 Å². The second-order valence-corrected chi connectivity index (χ2v) is 7.07. The van der Waals surface area contributed by atoms with Gasteiger partial charge in [-0.1, -0.05) is 12.1 Å². The first-order valence-corrected chi connectivity index (χ1v) is 8.74. The van der Waals surface area contributed by atoms with Crippen LogP contribution in [0.4, 0.5) is 4.39 Å². The number of aromatic nitrogens is 2. The number of hydrogen-bond acceptors (Lipinski definition) is 3. The van der Waals surface area contributed by atoms with Crippen molar-refractivity contribution in [2.75, 3.05) is 6.54 Å². The zero-order valence-corrected chi connectivity index (χ0v) is 14.7. The maximum atomic E-state index is 14.5. The summed E-state index contributed by atoms with van der Waals surface area (Å²) >= 11 is 0. The van der Waals surface area contributed by atoms with E-state index in [0.717, 1.165) is 16.8 Å². The van der Waals surface area contributed by atoms with E-state index >= 15 is 0 Å². The van der Waals surface area contributed by atoms with Crippen LogP contribution in [0.2, 0.25) is 0 Å². The van der Waals surface area contributed by atoms with Crippen molar-refractivity contribution in [1.82, 2.24) is 15.1 Å². The fourth-order valence-electron chi connectivity index (χ4n) is 3.88. The Bertz CT molecular complexity index is 845. The molecule has 4 rings (SSSR count). The standard InChI is InChI=1S/C19H22FN3O2/c1-10-4-5-13-6-7-23(9-15(13)16(10)20)19(24)18-14-8-11(2)25-12(3)17(14)21-22-18/h4-5,11-12H,6-9H2,1-3H3,(H,21,22)/t11-,12+/m1/s1. The van der Waals surface area contributed by atoms with Gasteiger partial charge in [0.1, 0.15) is 5.82 Å². The number of benzene rings is 1. The topological polar surface area (TPSA) is 58.2 Å². The van der Waals surface area contributed by atoms with Crippen LogP contribution in [0.5, 0.6) is 0 Å². The summed E-state index contributed by atoms with van der Waals surface area (Å²) < 4.78 is 20.2. The van der Waals surface area contributed by atoms with E-state index in [2.05, 4.69) is 10.2 Å². The molecule has 2 aliphatic heterocycles. The van der Waals surface area contributed by atoms with Gasteiger partial charge in [0.25, 0.3) is 5.91 Å². The minimum Gasteiger partial charge on any atom is -0.369 e. The minimum absolute atomic E-state index is 0.0498. The Kier molecular flexibility index (Phi) is 3.87. The van der Waals surface area contributed by atoms with Crippen molar-refractivity contribution in [3.05, 3.63) is 51.6 Å². The Hall–Kier alpha value is -2.21. The number of ether oxygens (including phenoxy) is 1. The number of carbonyl (C=O) groups is 1. The molecule has 1 aromatic heterocycles. The molecule has 0 fully saturated rings. The normalized spacial score (nSPS) is 22.5. The SMILES string of the molecule is Cc1ccc2c(c1F)CN(C(=O)c1n[nH]c3c1C[C@@H](C)O[C@H]3C)CC2. The van der Waals surface area contributed by atoms with Gasteiger partial charge in [-0.25, -0.2) is 4.39 Å². The Balaban J connectivity index is 1.64. The summed E-state index contributed by atoms with van der Waals surface area (Å²) in [7, 11) is 0. The second kappa shape index (κ2) is 5.95. The molecule has 1 N–H and O–H groups in total. The minimum atomic E-state index is -0.199. The first-order valence-electron chi connectivity index (χ1n) is 8.74. The number of halogens is 1. The number of nitrogens with zero attached hydrogens (tertiary/aromatic N) is 2. The molecule has 132 valence electrons. The highest BCUT2D eigenvalue weighted by Crippen LogP contribution is 2.31. The molecule has 3 heterocycles. The number of nitrogens with one attached hydrogen (secondary N) is 1. The van der Waals surface area contributed by atoms with Crippen molar-refractivity contribution < 1.29 is 13.9 Å². The van der Waals surface area contributed by atoms with Crippen LogP contribution >= 0.6 is 0 Å². The van der Waals surface area contributed by atoms with E-state index in [1.54, 1.807) is 17.9 Å². The third-order valence-electron chi connectivity index (χ3n) is 5.26. The van der Waals surface area contributed by atoms with Gasteiger partial charge >= 0.3 is 0 Å². The fourth-order valence-corrected chi connectivity index (χ4v) is 3.88. The zero-order valence-electron chi connectivity index (χ0n) is 14.7. The van der Waals surface area contributed by atoms with E-state index in [1.165, 1.54) is 0 Å². The molecule has 0 bridgehead atoms. The number of H-pyrrole nitrogens is 1. The van der Waals surface area contributed by atoms with E-state index in [9.17, 15) is 9.18 Å². The van der Waals surface area contributed by atoms with Crippen molar-refractivity contribution in [3.8, 4) is 0 Å². The predicted molar refractivity (Wildman–Crippen MR) is 90.8 cm³/mol.